The highest BCUT2D eigenvalue weighted by Gasteiger charge is 2.07. The lowest BCUT2D eigenvalue weighted by molar-refractivity contribution is 0.262. The van der Waals surface area contributed by atoms with Gasteiger partial charge in [-0.3, -0.25) is 0 Å². The maximum Gasteiger partial charge on any atom is 0.323 e. The van der Waals surface area contributed by atoms with E-state index in [1.54, 1.807) is 12.3 Å². The fourth-order valence-corrected chi connectivity index (χ4v) is 1.91. The number of pyridine rings is 1. The second-order valence-electron chi connectivity index (χ2n) is 3.94. The van der Waals surface area contributed by atoms with Crippen LogP contribution in [-0.4, -0.2) is 11.0 Å². The first-order valence-corrected chi connectivity index (χ1v) is 6.67. The number of nitrogens with one attached hydrogen (secondary N) is 2. The number of amides is 2. The van der Waals surface area contributed by atoms with E-state index in [-0.39, 0.29) is 11.2 Å². The molecule has 0 aliphatic heterocycles. The number of aromatic nitrogens is 1. The predicted octanol–water partition coefficient (Wildman–Crippen LogP) is 4.45. The van der Waals surface area contributed by atoms with Crippen LogP contribution in [0, 0.1) is 6.92 Å². The van der Waals surface area contributed by atoms with Crippen LogP contribution in [0.2, 0.25) is 5.15 Å². The van der Waals surface area contributed by atoms with Crippen LogP contribution >= 0.6 is 27.5 Å². The van der Waals surface area contributed by atoms with Crippen molar-refractivity contribution < 1.29 is 4.79 Å². The summed E-state index contributed by atoms with van der Waals surface area (Å²) in [6.45, 7) is 1.98. The summed E-state index contributed by atoms with van der Waals surface area (Å²) in [4.78, 5) is 15.7. The van der Waals surface area contributed by atoms with Crippen molar-refractivity contribution in [3.05, 3.63) is 51.7 Å². The number of anilines is 2. The minimum absolute atomic E-state index is 0.238. The van der Waals surface area contributed by atoms with Crippen molar-refractivity contribution in [2.24, 2.45) is 0 Å². The molecule has 0 aliphatic carbocycles. The first kappa shape index (κ1) is 13.8. The van der Waals surface area contributed by atoms with E-state index in [0.717, 1.165) is 10.0 Å². The monoisotopic (exact) mass is 339 g/mol. The van der Waals surface area contributed by atoms with Gasteiger partial charge in [-0.15, -0.1) is 0 Å². The van der Waals surface area contributed by atoms with Gasteiger partial charge in [0.2, 0.25) is 0 Å². The molecule has 2 rings (SSSR count). The first-order valence-electron chi connectivity index (χ1n) is 5.50. The molecule has 0 saturated carbocycles. The minimum Gasteiger partial charge on any atom is -0.308 e. The Morgan fingerprint density at radius 3 is 2.63 bits per heavy atom. The molecular weight excluding hydrogens is 330 g/mol. The highest BCUT2D eigenvalue weighted by molar-refractivity contribution is 9.10. The fraction of sp³-hybridized carbons (Fsp3) is 0.0769. The van der Waals surface area contributed by atoms with Crippen molar-refractivity contribution in [2.75, 3.05) is 10.6 Å². The molecule has 0 radical (unpaired) electrons. The molecule has 1 aromatic heterocycles. The van der Waals surface area contributed by atoms with Gasteiger partial charge in [-0.2, -0.15) is 0 Å². The summed E-state index contributed by atoms with van der Waals surface area (Å²) in [5, 5.41) is 5.59. The molecule has 1 heterocycles. The Morgan fingerprint density at radius 2 is 1.95 bits per heavy atom. The Morgan fingerprint density at radius 1 is 1.26 bits per heavy atom. The van der Waals surface area contributed by atoms with Crippen molar-refractivity contribution in [3.63, 3.8) is 0 Å². The summed E-state index contributed by atoms with van der Waals surface area (Å²) >= 11 is 9.16. The molecule has 0 fully saturated rings. The zero-order valence-electron chi connectivity index (χ0n) is 10.1. The summed E-state index contributed by atoms with van der Waals surface area (Å²) in [6.07, 6.45) is 1.56. The molecule has 0 spiro atoms. The van der Waals surface area contributed by atoms with Crippen LogP contribution in [0.1, 0.15) is 5.56 Å². The molecule has 0 saturated heterocycles. The minimum atomic E-state index is -0.370. The van der Waals surface area contributed by atoms with Gasteiger partial charge in [-0.1, -0.05) is 29.3 Å². The third-order valence-corrected chi connectivity index (χ3v) is 3.10. The number of urea groups is 1. The normalized spacial score (nSPS) is 10.1. The van der Waals surface area contributed by atoms with Gasteiger partial charge in [0.05, 0.1) is 5.69 Å². The smallest absolute Gasteiger partial charge is 0.308 e. The molecule has 2 N–H and O–H groups in total. The molecule has 0 unspecified atom stereocenters. The van der Waals surface area contributed by atoms with Gasteiger partial charge in [-0.25, -0.2) is 9.78 Å². The van der Waals surface area contributed by atoms with Crippen LogP contribution in [0.15, 0.2) is 41.0 Å². The summed E-state index contributed by atoms with van der Waals surface area (Å²) in [7, 11) is 0. The number of nitrogens with zero attached hydrogens (tertiary/aromatic N) is 1. The summed E-state index contributed by atoms with van der Waals surface area (Å²) in [5.41, 5.74) is 2.29. The van der Waals surface area contributed by atoms with Gasteiger partial charge in [0.1, 0.15) is 0 Å². The number of halogens is 2. The van der Waals surface area contributed by atoms with Crippen molar-refractivity contribution in [3.8, 4) is 0 Å². The van der Waals surface area contributed by atoms with Gasteiger partial charge in [-0.05, 0) is 41.1 Å². The van der Waals surface area contributed by atoms with Gasteiger partial charge in [0.15, 0.2) is 5.15 Å². The first-order chi connectivity index (χ1) is 9.04. The molecule has 98 valence electrons. The molecule has 0 atom stereocenters. The molecule has 2 aromatic rings. The maximum absolute atomic E-state index is 11.8. The van der Waals surface area contributed by atoms with Crippen LogP contribution in [0.5, 0.6) is 0 Å². The van der Waals surface area contributed by atoms with E-state index >= 15 is 0 Å². The Hall–Kier alpha value is -1.59. The second-order valence-corrected chi connectivity index (χ2v) is 5.21. The molecule has 4 nitrogen and oxygen atoms in total. The van der Waals surface area contributed by atoms with Crippen LogP contribution in [0.25, 0.3) is 0 Å². The van der Waals surface area contributed by atoms with Crippen molar-refractivity contribution in [1.29, 1.82) is 0 Å². The number of carbonyl (C=O) groups is 1. The lowest BCUT2D eigenvalue weighted by Gasteiger charge is -2.09. The van der Waals surface area contributed by atoms with E-state index in [1.165, 1.54) is 0 Å². The van der Waals surface area contributed by atoms with Gasteiger partial charge in [0, 0.05) is 16.4 Å². The Kier molecular flexibility index (Phi) is 4.39. The van der Waals surface area contributed by atoms with Gasteiger partial charge >= 0.3 is 6.03 Å². The Labute approximate surface area is 124 Å². The average Bonchev–Trinajstić information content (AvgIpc) is 2.37. The van der Waals surface area contributed by atoms with Crippen molar-refractivity contribution in [1.82, 2.24) is 4.98 Å². The second kappa shape index (κ2) is 6.04. The van der Waals surface area contributed by atoms with Gasteiger partial charge in [0.25, 0.3) is 0 Å². The highest BCUT2D eigenvalue weighted by Crippen LogP contribution is 2.23. The van der Waals surface area contributed by atoms with E-state index in [1.807, 2.05) is 31.2 Å². The number of rotatable bonds is 2. The predicted molar refractivity (Wildman–Crippen MR) is 80.8 cm³/mol. The number of hydrogen-bond donors (Lipinski definition) is 2. The molecule has 0 aliphatic rings. The number of benzene rings is 1. The zero-order chi connectivity index (χ0) is 13.8. The maximum atomic E-state index is 11.8. The number of hydrogen-bond acceptors (Lipinski definition) is 2. The highest BCUT2D eigenvalue weighted by atomic mass is 79.9. The van der Waals surface area contributed by atoms with E-state index < -0.39 is 0 Å². The molecule has 19 heavy (non-hydrogen) atoms. The summed E-state index contributed by atoms with van der Waals surface area (Å²) in [5.74, 6) is 0. The molecule has 6 heteroatoms. The van der Waals surface area contributed by atoms with Crippen LogP contribution in [-0.2, 0) is 0 Å². The third kappa shape index (κ3) is 3.94. The SMILES string of the molecule is Cc1ccc(NC(=O)Nc2cc(Br)cnc2Cl)cc1. The van der Waals surface area contributed by atoms with E-state index in [9.17, 15) is 4.79 Å². The molecule has 0 bridgehead atoms. The average molecular weight is 341 g/mol. The third-order valence-electron chi connectivity index (χ3n) is 2.36. The van der Waals surface area contributed by atoms with Crippen molar-refractivity contribution in [2.45, 2.75) is 6.92 Å². The summed E-state index contributed by atoms with van der Waals surface area (Å²) < 4.78 is 0.738. The summed E-state index contributed by atoms with van der Waals surface area (Å²) in [6, 6.07) is 8.81. The Bertz CT molecular complexity index is 601. The number of aryl methyl sites for hydroxylation is 1. The van der Waals surface area contributed by atoms with E-state index in [4.69, 9.17) is 11.6 Å². The van der Waals surface area contributed by atoms with E-state index in [0.29, 0.717) is 11.4 Å². The van der Waals surface area contributed by atoms with Crippen molar-refractivity contribution >= 4 is 44.9 Å². The van der Waals surface area contributed by atoms with E-state index in [2.05, 4.69) is 31.5 Å². The lowest BCUT2D eigenvalue weighted by atomic mass is 10.2. The number of carbonyl (C=O) groups excluding carboxylic acids is 1. The Balaban J connectivity index is 2.05. The topological polar surface area (TPSA) is 54.0 Å². The fourth-order valence-electron chi connectivity index (χ4n) is 1.43. The lowest BCUT2D eigenvalue weighted by Crippen LogP contribution is -2.19. The zero-order valence-corrected chi connectivity index (χ0v) is 12.4. The van der Waals surface area contributed by atoms with Crippen LogP contribution in [0.4, 0.5) is 16.2 Å². The van der Waals surface area contributed by atoms with Crippen LogP contribution in [0.3, 0.4) is 0 Å². The molecule has 1 aromatic carbocycles. The standard InChI is InChI=1S/C13H11BrClN3O/c1-8-2-4-10(5-3-8)17-13(19)18-11-6-9(14)7-16-12(11)15/h2-7H,1H3,(H2,17,18,19). The molecular formula is C13H11BrClN3O. The largest absolute Gasteiger partial charge is 0.323 e. The van der Waals surface area contributed by atoms with Gasteiger partial charge < -0.3 is 10.6 Å². The quantitative estimate of drug-likeness (QED) is 0.794. The molecule has 2 amide bonds. The van der Waals surface area contributed by atoms with Crippen LogP contribution < -0.4 is 10.6 Å².